The molecule has 138 valence electrons. The number of thiocarbonyl (C=S) groups is 1. The average Bonchev–Trinajstić information content (AvgIpc) is 2.66. The molecule has 1 heterocycles. The molecule has 2 aromatic carbocycles. The number of benzene rings is 2. The summed E-state index contributed by atoms with van der Waals surface area (Å²) in [5.74, 6) is -0.220. The topological polar surface area (TPSA) is 38.7 Å². The van der Waals surface area contributed by atoms with E-state index in [4.69, 9.17) is 12.2 Å². The highest BCUT2D eigenvalue weighted by molar-refractivity contribution is 7.80. The summed E-state index contributed by atoms with van der Waals surface area (Å²) in [6, 6.07) is 16.7. The Morgan fingerprint density at radius 2 is 1.85 bits per heavy atom. The number of rotatable bonds is 5. The summed E-state index contributed by atoms with van der Waals surface area (Å²) in [5, 5.41) is 13.4. The van der Waals surface area contributed by atoms with Crippen LogP contribution in [-0.2, 0) is 6.54 Å². The molecule has 0 spiro atoms. The maximum Gasteiger partial charge on any atom is 0.173 e. The van der Waals surface area contributed by atoms with Crippen molar-refractivity contribution in [3.63, 3.8) is 0 Å². The summed E-state index contributed by atoms with van der Waals surface area (Å²) < 4.78 is 13.1. The highest BCUT2D eigenvalue weighted by atomic mass is 32.1. The zero-order valence-corrected chi connectivity index (χ0v) is 15.5. The second-order valence-corrected chi connectivity index (χ2v) is 6.89. The summed E-state index contributed by atoms with van der Waals surface area (Å²) in [7, 11) is 0. The second-order valence-electron chi connectivity index (χ2n) is 6.51. The lowest BCUT2D eigenvalue weighted by molar-refractivity contribution is 0.0855. The second kappa shape index (κ2) is 9.07. The van der Waals surface area contributed by atoms with Crippen LogP contribution in [0.1, 0.15) is 12.0 Å². The van der Waals surface area contributed by atoms with Gasteiger partial charge in [0, 0.05) is 44.5 Å². The lowest BCUT2D eigenvalue weighted by Crippen LogP contribution is -2.55. The number of piperazine rings is 1. The third-order valence-corrected chi connectivity index (χ3v) is 5.04. The van der Waals surface area contributed by atoms with E-state index in [0.717, 1.165) is 37.4 Å². The molecule has 0 radical (unpaired) electrons. The van der Waals surface area contributed by atoms with E-state index in [-0.39, 0.29) is 18.5 Å². The number of hydrogen-bond donors (Lipinski definition) is 2. The monoisotopic (exact) mass is 373 g/mol. The largest absolute Gasteiger partial charge is 0.396 e. The van der Waals surface area contributed by atoms with Crippen LogP contribution in [0.5, 0.6) is 0 Å². The molecular weight excluding hydrogens is 349 g/mol. The van der Waals surface area contributed by atoms with E-state index in [1.807, 2.05) is 42.5 Å². The Morgan fingerprint density at radius 1 is 1.12 bits per heavy atom. The van der Waals surface area contributed by atoms with E-state index >= 15 is 0 Å². The lowest BCUT2D eigenvalue weighted by atomic mass is 10.1. The van der Waals surface area contributed by atoms with E-state index in [0.29, 0.717) is 11.5 Å². The fourth-order valence-electron chi connectivity index (χ4n) is 3.26. The average molecular weight is 373 g/mol. The first kappa shape index (κ1) is 18.8. The molecule has 4 nitrogen and oxygen atoms in total. The molecular formula is C20H24FN3OS. The van der Waals surface area contributed by atoms with Gasteiger partial charge in [-0.1, -0.05) is 30.3 Å². The van der Waals surface area contributed by atoms with E-state index < -0.39 is 0 Å². The predicted octanol–water partition coefficient (Wildman–Crippen LogP) is 3.09. The third-order valence-electron chi connectivity index (χ3n) is 4.68. The van der Waals surface area contributed by atoms with E-state index in [1.165, 1.54) is 12.1 Å². The zero-order valence-electron chi connectivity index (χ0n) is 14.6. The van der Waals surface area contributed by atoms with Gasteiger partial charge >= 0.3 is 0 Å². The van der Waals surface area contributed by atoms with E-state index in [1.54, 1.807) is 0 Å². The summed E-state index contributed by atoms with van der Waals surface area (Å²) in [6.07, 6.45) is 0.686. The SMILES string of the molecule is OCC[C@H]1CN(C(=S)Nc2ccccc2)CCN1Cc1ccc(F)cc1. The first-order valence-corrected chi connectivity index (χ1v) is 9.27. The molecule has 0 unspecified atom stereocenters. The number of nitrogens with one attached hydrogen (secondary N) is 1. The van der Waals surface area contributed by atoms with Crippen molar-refractivity contribution >= 4 is 23.0 Å². The van der Waals surface area contributed by atoms with Crippen LogP contribution in [-0.4, -0.2) is 52.3 Å². The van der Waals surface area contributed by atoms with Crippen LogP contribution in [0.2, 0.25) is 0 Å². The Bertz CT molecular complexity index is 711. The van der Waals surface area contributed by atoms with Crippen LogP contribution in [0.25, 0.3) is 0 Å². The van der Waals surface area contributed by atoms with Crippen molar-refractivity contribution in [2.45, 2.75) is 19.0 Å². The smallest absolute Gasteiger partial charge is 0.173 e. The summed E-state index contributed by atoms with van der Waals surface area (Å²) in [4.78, 5) is 4.49. The maximum atomic E-state index is 13.1. The van der Waals surface area contributed by atoms with E-state index in [9.17, 15) is 9.50 Å². The van der Waals surface area contributed by atoms with Gasteiger partial charge in [-0.2, -0.15) is 0 Å². The molecule has 26 heavy (non-hydrogen) atoms. The minimum absolute atomic E-state index is 0.136. The first-order chi connectivity index (χ1) is 12.7. The number of aliphatic hydroxyl groups excluding tert-OH is 1. The molecule has 1 aliphatic heterocycles. The molecule has 6 heteroatoms. The molecule has 0 amide bonds. The highest BCUT2D eigenvalue weighted by Crippen LogP contribution is 2.18. The molecule has 2 aromatic rings. The number of hydrogen-bond acceptors (Lipinski definition) is 3. The van der Waals surface area contributed by atoms with Crippen LogP contribution < -0.4 is 5.32 Å². The minimum atomic E-state index is -0.220. The van der Waals surface area contributed by atoms with Gasteiger partial charge in [-0.05, 0) is 48.5 Å². The van der Waals surface area contributed by atoms with E-state index in [2.05, 4.69) is 15.1 Å². The van der Waals surface area contributed by atoms with Gasteiger partial charge in [0.25, 0.3) is 0 Å². The number of nitrogens with zero attached hydrogens (tertiary/aromatic N) is 2. The Morgan fingerprint density at radius 3 is 2.54 bits per heavy atom. The van der Waals surface area contributed by atoms with Gasteiger partial charge < -0.3 is 15.3 Å². The molecule has 1 fully saturated rings. The fraction of sp³-hybridized carbons (Fsp3) is 0.350. The lowest BCUT2D eigenvalue weighted by Gasteiger charge is -2.42. The standard InChI is InChI=1S/C20H24FN3OS/c21-17-8-6-16(7-9-17)14-23-11-12-24(15-19(23)10-13-25)20(26)22-18-4-2-1-3-5-18/h1-9,19,25H,10-15H2,(H,22,26)/t19-/m0/s1. The van der Waals surface area contributed by atoms with Crippen LogP contribution in [0.4, 0.5) is 10.1 Å². The van der Waals surface area contributed by atoms with Gasteiger partial charge in [0.15, 0.2) is 5.11 Å². The third kappa shape index (κ3) is 5.00. The normalized spacial score (nSPS) is 17.9. The molecule has 1 saturated heterocycles. The van der Waals surface area contributed by atoms with Gasteiger partial charge in [0.1, 0.15) is 5.82 Å². The van der Waals surface area contributed by atoms with Crippen molar-refractivity contribution in [3.8, 4) is 0 Å². The molecule has 0 aromatic heterocycles. The van der Waals surface area contributed by atoms with Gasteiger partial charge in [-0.15, -0.1) is 0 Å². The summed E-state index contributed by atoms with van der Waals surface area (Å²) in [6.45, 7) is 3.32. The van der Waals surface area contributed by atoms with Gasteiger partial charge in [-0.25, -0.2) is 4.39 Å². The molecule has 0 aliphatic carbocycles. The molecule has 1 atom stereocenters. The predicted molar refractivity (Wildman–Crippen MR) is 107 cm³/mol. The van der Waals surface area contributed by atoms with Crippen LogP contribution >= 0.6 is 12.2 Å². The van der Waals surface area contributed by atoms with Crippen molar-refractivity contribution < 1.29 is 9.50 Å². The van der Waals surface area contributed by atoms with Crippen LogP contribution in [0.15, 0.2) is 54.6 Å². The number of aliphatic hydroxyl groups is 1. The Balaban J connectivity index is 1.61. The Hall–Kier alpha value is -2.02. The molecule has 0 bridgehead atoms. The molecule has 1 aliphatic rings. The highest BCUT2D eigenvalue weighted by Gasteiger charge is 2.27. The van der Waals surface area contributed by atoms with Crippen LogP contribution in [0, 0.1) is 5.82 Å². The van der Waals surface area contributed by atoms with Gasteiger partial charge in [0.05, 0.1) is 0 Å². The molecule has 3 rings (SSSR count). The number of halogens is 1. The van der Waals surface area contributed by atoms with Gasteiger partial charge in [0.2, 0.25) is 0 Å². The van der Waals surface area contributed by atoms with Crippen molar-refractivity contribution in [2.75, 3.05) is 31.6 Å². The Labute approximate surface area is 159 Å². The van der Waals surface area contributed by atoms with Crippen molar-refractivity contribution in [3.05, 3.63) is 66.0 Å². The first-order valence-electron chi connectivity index (χ1n) is 8.86. The summed E-state index contributed by atoms with van der Waals surface area (Å²) in [5.41, 5.74) is 2.05. The van der Waals surface area contributed by atoms with Crippen molar-refractivity contribution in [1.29, 1.82) is 0 Å². The zero-order chi connectivity index (χ0) is 18.4. The maximum absolute atomic E-state index is 13.1. The fourth-order valence-corrected chi connectivity index (χ4v) is 3.54. The van der Waals surface area contributed by atoms with Crippen LogP contribution in [0.3, 0.4) is 0 Å². The molecule has 0 saturated carbocycles. The summed E-state index contributed by atoms with van der Waals surface area (Å²) >= 11 is 5.57. The quantitative estimate of drug-likeness (QED) is 0.788. The molecule has 2 N–H and O–H groups in total. The number of anilines is 1. The Kier molecular flexibility index (Phi) is 6.55. The minimum Gasteiger partial charge on any atom is -0.396 e. The van der Waals surface area contributed by atoms with Gasteiger partial charge in [-0.3, -0.25) is 4.90 Å². The number of para-hydroxylation sites is 1. The van der Waals surface area contributed by atoms with Crippen molar-refractivity contribution in [1.82, 2.24) is 9.80 Å². The van der Waals surface area contributed by atoms with Crippen molar-refractivity contribution in [2.24, 2.45) is 0 Å².